The molecule has 2 aliphatic heterocycles. The zero-order chi connectivity index (χ0) is 19.7. The van der Waals surface area contributed by atoms with Crippen LogP contribution in [0, 0.1) is 5.92 Å². The van der Waals surface area contributed by atoms with E-state index in [0.29, 0.717) is 11.4 Å². The number of urea groups is 1. The van der Waals surface area contributed by atoms with Gasteiger partial charge < -0.3 is 16.0 Å². The maximum Gasteiger partial charge on any atom is 0.325 e. The summed E-state index contributed by atoms with van der Waals surface area (Å²) in [6.45, 7) is 1.34. The summed E-state index contributed by atoms with van der Waals surface area (Å²) >= 11 is 6.36. The van der Waals surface area contributed by atoms with Gasteiger partial charge >= 0.3 is 6.03 Å². The second-order valence-corrected chi connectivity index (χ2v) is 8.33. The molecule has 0 radical (unpaired) electrons. The van der Waals surface area contributed by atoms with Gasteiger partial charge in [0, 0.05) is 17.5 Å². The number of piperidine rings is 1. The molecular weight excluding hydrogens is 380 g/mol. The van der Waals surface area contributed by atoms with Crippen LogP contribution in [0.2, 0.25) is 5.02 Å². The van der Waals surface area contributed by atoms with Crippen molar-refractivity contribution in [1.29, 1.82) is 0 Å². The van der Waals surface area contributed by atoms with E-state index in [2.05, 4.69) is 16.0 Å². The molecule has 0 aromatic heterocycles. The molecule has 28 heavy (non-hydrogen) atoms. The minimum absolute atomic E-state index is 0.0158. The Kier molecular flexibility index (Phi) is 5.29. The molecule has 3 N–H and O–H groups in total. The first-order chi connectivity index (χ1) is 13.5. The highest BCUT2D eigenvalue weighted by Crippen LogP contribution is 2.36. The molecule has 4 amide bonds. The average Bonchev–Trinajstić information content (AvgIpc) is 3.47. The molecule has 0 spiro atoms. The van der Waals surface area contributed by atoms with Gasteiger partial charge in [0.05, 0.1) is 0 Å². The number of hydrogen-bond acceptors (Lipinski definition) is 4. The number of carbonyl (C=O) groups excluding carboxylic acids is 3. The molecule has 0 bridgehead atoms. The molecule has 3 aliphatic rings. The van der Waals surface area contributed by atoms with Crippen molar-refractivity contribution in [3.8, 4) is 0 Å². The first kappa shape index (κ1) is 19.2. The van der Waals surface area contributed by atoms with Gasteiger partial charge in [-0.25, -0.2) is 4.79 Å². The molecule has 1 aromatic carbocycles. The van der Waals surface area contributed by atoms with Crippen LogP contribution in [0.15, 0.2) is 24.3 Å². The lowest BCUT2D eigenvalue weighted by Gasteiger charge is -2.38. The van der Waals surface area contributed by atoms with E-state index in [1.807, 2.05) is 18.2 Å². The summed E-state index contributed by atoms with van der Waals surface area (Å²) in [5.74, 6) is -0.627. The fourth-order valence-corrected chi connectivity index (χ4v) is 4.43. The van der Waals surface area contributed by atoms with Crippen LogP contribution in [-0.4, -0.2) is 54.0 Å². The van der Waals surface area contributed by atoms with Crippen LogP contribution in [-0.2, 0) is 16.0 Å². The van der Waals surface area contributed by atoms with Crippen molar-refractivity contribution in [2.75, 3.05) is 19.6 Å². The van der Waals surface area contributed by atoms with Gasteiger partial charge in [-0.15, -0.1) is 0 Å². The second-order valence-electron chi connectivity index (χ2n) is 7.93. The van der Waals surface area contributed by atoms with Gasteiger partial charge in [0.1, 0.15) is 12.1 Å². The first-order valence-corrected chi connectivity index (χ1v) is 10.2. The van der Waals surface area contributed by atoms with Crippen molar-refractivity contribution in [2.24, 2.45) is 5.92 Å². The predicted octanol–water partition coefficient (Wildman–Crippen LogP) is 1.45. The van der Waals surface area contributed by atoms with E-state index in [4.69, 9.17) is 11.6 Å². The standard InChI is InChI=1S/C20H25ClN4O3/c21-16-4-2-1-3-13(16)11-20(14-7-9-22-10-8-14)18(27)25(19(28)24-20)12-17(26)23-15-5-6-15/h1-4,14-15,22H,5-12H2,(H,23,26)(H,24,28)/t20-/m0/s1. The Morgan fingerprint density at radius 1 is 1.18 bits per heavy atom. The van der Waals surface area contributed by atoms with E-state index >= 15 is 0 Å². The van der Waals surface area contributed by atoms with Crippen molar-refractivity contribution in [3.05, 3.63) is 34.9 Å². The number of carbonyl (C=O) groups is 3. The fraction of sp³-hybridized carbons (Fsp3) is 0.550. The van der Waals surface area contributed by atoms with Crippen molar-refractivity contribution < 1.29 is 14.4 Å². The molecule has 2 saturated heterocycles. The summed E-state index contributed by atoms with van der Waals surface area (Å²) in [4.78, 5) is 39.5. The molecule has 1 saturated carbocycles. The van der Waals surface area contributed by atoms with Crippen LogP contribution < -0.4 is 16.0 Å². The Labute approximate surface area is 169 Å². The third-order valence-electron chi connectivity index (χ3n) is 5.91. The van der Waals surface area contributed by atoms with Gasteiger partial charge in [-0.3, -0.25) is 14.5 Å². The molecule has 1 aromatic rings. The molecule has 7 nitrogen and oxygen atoms in total. The zero-order valence-corrected chi connectivity index (χ0v) is 16.4. The minimum Gasteiger partial charge on any atom is -0.352 e. The Bertz CT molecular complexity index is 791. The number of rotatable bonds is 6. The normalized spacial score (nSPS) is 25.7. The number of benzene rings is 1. The average molecular weight is 405 g/mol. The lowest BCUT2D eigenvalue weighted by Crippen LogP contribution is -2.57. The molecule has 150 valence electrons. The largest absolute Gasteiger partial charge is 0.352 e. The lowest BCUT2D eigenvalue weighted by atomic mass is 9.74. The van der Waals surface area contributed by atoms with Crippen LogP contribution in [0.25, 0.3) is 0 Å². The monoisotopic (exact) mass is 404 g/mol. The maximum absolute atomic E-state index is 13.5. The summed E-state index contributed by atoms with van der Waals surface area (Å²) in [7, 11) is 0. The molecule has 4 rings (SSSR count). The maximum atomic E-state index is 13.5. The van der Waals surface area contributed by atoms with Crippen LogP contribution in [0.5, 0.6) is 0 Å². The molecule has 2 heterocycles. The fourth-order valence-electron chi connectivity index (χ4n) is 4.23. The summed E-state index contributed by atoms with van der Waals surface area (Å²) < 4.78 is 0. The Balaban J connectivity index is 1.61. The van der Waals surface area contributed by atoms with Gasteiger partial charge in [-0.2, -0.15) is 0 Å². The number of amides is 4. The quantitative estimate of drug-likeness (QED) is 0.626. The topological polar surface area (TPSA) is 90.5 Å². The van der Waals surface area contributed by atoms with Gasteiger partial charge in [0.2, 0.25) is 5.91 Å². The van der Waals surface area contributed by atoms with Crippen LogP contribution in [0.3, 0.4) is 0 Å². The molecule has 1 aliphatic carbocycles. The smallest absolute Gasteiger partial charge is 0.325 e. The predicted molar refractivity (Wildman–Crippen MR) is 105 cm³/mol. The number of hydrogen-bond donors (Lipinski definition) is 3. The van der Waals surface area contributed by atoms with E-state index in [0.717, 1.165) is 49.2 Å². The SMILES string of the molecule is O=C(CN1C(=O)N[C@@](Cc2ccccc2Cl)(C2CCNCC2)C1=O)NC1CC1. The van der Waals surface area contributed by atoms with E-state index in [9.17, 15) is 14.4 Å². The molecule has 8 heteroatoms. The van der Waals surface area contributed by atoms with Crippen LogP contribution in [0.4, 0.5) is 4.79 Å². The Hall–Kier alpha value is -2.12. The first-order valence-electron chi connectivity index (χ1n) is 9.87. The molecule has 3 fully saturated rings. The van der Waals surface area contributed by atoms with Gasteiger partial charge in [-0.05, 0) is 56.3 Å². The van der Waals surface area contributed by atoms with E-state index in [1.165, 1.54) is 0 Å². The summed E-state index contributed by atoms with van der Waals surface area (Å²) in [5.41, 5.74) is -0.245. The van der Waals surface area contributed by atoms with Crippen molar-refractivity contribution >= 4 is 29.4 Å². The number of nitrogens with one attached hydrogen (secondary N) is 3. The van der Waals surface area contributed by atoms with E-state index in [1.54, 1.807) is 6.07 Å². The molecule has 0 unspecified atom stereocenters. The molecule has 1 atom stereocenters. The van der Waals surface area contributed by atoms with Crippen molar-refractivity contribution in [2.45, 2.75) is 43.7 Å². The summed E-state index contributed by atoms with van der Waals surface area (Å²) in [6, 6.07) is 7.07. The highest BCUT2D eigenvalue weighted by molar-refractivity contribution is 6.31. The Morgan fingerprint density at radius 2 is 1.89 bits per heavy atom. The third kappa shape index (κ3) is 3.73. The van der Waals surface area contributed by atoms with E-state index in [-0.39, 0.29) is 30.3 Å². The van der Waals surface area contributed by atoms with E-state index < -0.39 is 11.6 Å². The van der Waals surface area contributed by atoms with Gasteiger partial charge in [0.15, 0.2) is 0 Å². The highest BCUT2D eigenvalue weighted by atomic mass is 35.5. The molecular formula is C20H25ClN4O3. The van der Waals surface area contributed by atoms with Crippen LogP contribution >= 0.6 is 11.6 Å². The number of nitrogens with zero attached hydrogens (tertiary/aromatic N) is 1. The minimum atomic E-state index is -1.07. The summed E-state index contributed by atoms with van der Waals surface area (Å²) in [6.07, 6.45) is 3.79. The Morgan fingerprint density at radius 3 is 2.57 bits per heavy atom. The highest BCUT2D eigenvalue weighted by Gasteiger charge is 2.56. The number of halogens is 1. The second kappa shape index (κ2) is 7.72. The third-order valence-corrected chi connectivity index (χ3v) is 6.28. The zero-order valence-electron chi connectivity index (χ0n) is 15.7. The summed E-state index contributed by atoms with van der Waals surface area (Å²) in [5, 5.41) is 9.67. The lowest BCUT2D eigenvalue weighted by molar-refractivity contribution is -0.136. The van der Waals surface area contributed by atoms with Crippen LogP contribution in [0.1, 0.15) is 31.2 Å². The van der Waals surface area contributed by atoms with Crippen molar-refractivity contribution in [3.63, 3.8) is 0 Å². The van der Waals surface area contributed by atoms with Gasteiger partial charge in [-0.1, -0.05) is 29.8 Å². The van der Waals surface area contributed by atoms with Gasteiger partial charge in [0.25, 0.3) is 5.91 Å². The van der Waals surface area contributed by atoms with Crippen molar-refractivity contribution in [1.82, 2.24) is 20.9 Å². The number of imide groups is 1.